The van der Waals surface area contributed by atoms with Crippen LogP contribution in [0.25, 0.3) is 0 Å². The van der Waals surface area contributed by atoms with Gasteiger partial charge in [0.2, 0.25) is 5.91 Å². The number of hydrogen-bond acceptors (Lipinski definition) is 2. The van der Waals surface area contributed by atoms with Gasteiger partial charge in [-0.3, -0.25) is 4.79 Å². The third-order valence-electron chi connectivity index (χ3n) is 2.96. The number of rotatable bonds is 2. The number of anilines is 1. The summed E-state index contributed by atoms with van der Waals surface area (Å²) in [5.74, 6) is -0.288. The Morgan fingerprint density at radius 1 is 1.56 bits per heavy atom. The lowest BCUT2D eigenvalue weighted by Crippen LogP contribution is -2.35. The molecule has 86 valence electrons. The molecule has 4 heteroatoms. The van der Waals surface area contributed by atoms with E-state index < -0.39 is 0 Å². The summed E-state index contributed by atoms with van der Waals surface area (Å²) >= 11 is 3.45. The molecule has 0 bridgehead atoms. The molecule has 0 radical (unpaired) electrons. The van der Waals surface area contributed by atoms with Gasteiger partial charge >= 0.3 is 0 Å². The lowest BCUT2D eigenvalue weighted by Gasteiger charge is -2.20. The third-order valence-corrected chi connectivity index (χ3v) is 3.46. The van der Waals surface area contributed by atoms with Crippen molar-refractivity contribution in [2.45, 2.75) is 19.3 Å². The van der Waals surface area contributed by atoms with Crippen molar-refractivity contribution in [1.82, 2.24) is 0 Å². The fourth-order valence-corrected chi connectivity index (χ4v) is 2.66. The topological polar surface area (TPSA) is 46.3 Å². The first-order valence-corrected chi connectivity index (χ1v) is 6.03. The molecule has 0 atom stereocenters. The van der Waals surface area contributed by atoms with Gasteiger partial charge in [0.05, 0.1) is 6.54 Å². The summed E-state index contributed by atoms with van der Waals surface area (Å²) in [4.78, 5) is 13.1. The Morgan fingerprint density at radius 2 is 2.25 bits per heavy atom. The number of primary amides is 1. The van der Waals surface area contributed by atoms with E-state index >= 15 is 0 Å². The Kier molecular flexibility index (Phi) is 2.70. The molecule has 2 rings (SSSR count). The predicted molar refractivity (Wildman–Crippen MR) is 68.6 cm³/mol. The highest BCUT2D eigenvalue weighted by Gasteiger charge is 2.35. The van der Waals surface area contributed by atoms with E-state index in [1.165, 1.54) is 5.56 Å². The summed E-state index contributed by atoms with van der Waals surface area (Å²) in [5.41, 5.74) is 7.72. The molecule has 0 unspecified atom stereocenters. The highest BCUT2D eigenvalue weighted by molar-refractivity contribution is 9.10. The second-order valence-electron chi connectivity index (χ2n) is 4.87. The molecule has 1 heterocycles. The zero-order chi connectivity index (χ0) is 11.9. The standard InChI is InChI=1S/C12H15BrN2O/c1-12(2)7-15(6-11(14)16)10-5-8(13)3-4-9(10)12/h3-5H,6-7H2,1-2H3,(H2,14,16). The van der Waals surface area contributed by atoms with Crippen molar-refractivity contribution < 1.29 is 4.79 Å². The zero-order valence-electron chi connectivity index (χ0n) is 9.46. The lowest BCUT2D eigenvalue weighted by molar-refractivity contribution is -0.116. The SMILES string of the molecule is CC1(C)CN(CC(N)=O)c2cc(Br)ccc21. The molecule has 1 amide bonds. The van der Waals surface area contributed by atoms with Crippen molar-refractivity contribution in [3.63, 3.8) is 0 Å². The molecular formula is C12H15BrN2O. The molecule has 3 nitrogen and oxygen atoms in total. The van der Waals surface area contributed by atoms with Crippen LogP contribution in [-0.2, 0) is 10.2 Å². The van der Waals surface area contributed by atoms with Crippen LogP contribution in [0.4, 0.5) is 5.69 Å². The molecular weight excluding hydrogens is 268 g/mol. The maximum Gasteiger partial charge on any atom is 0.236 e. The minimum Gasteiger partial charge on any atom is -0.368 e. The molecule has 1 aromatic rings. The first-order chi connectivity index (χ1) is 7.40. The molecule has 1 aliphatic rings. The smallest absolute Gasteiger partial charge is 0.236 e. The Morgan fingerprint density at radius 3 is 2.88 bits per heavy atom. The predicted octanol–water partition coefficient (Wildman–Crippen LogP) is 2.03. The van der Waals surface area contributed by atoms with Crippen LogP contribution >= 0.6 is 15.9 Å². The van der Waals surface area contributed by atoms with Crippen molar-refractivity contribution in [2.24, 2.45) is 5.73 Å². The Balaban J connectivity index is 2.43. The van der Waals surface area contributed by atoms with Crippen LogP contribution in [0.1, 0.15) is 19.4 Å². The number of hydrogen-bond donors (Lipinski definition) is 1. The first-order valence-electron chi connectivity index (χ1n) is 5.23. The fourth-order valence-electron chi connectivity index (χ4n) is 2.32. The highest BCUT2D eigenvalue weighted by atomic mass is 79.9. The normalized spacial score (nSPS) is 17.3. The van der Waals surface area contributed by atoms with Gasteiger partial charge in [-0.25, -0.2) is 0 Å². The number of halogens is 1. The largest absolute Gasteiger partial charge is 0.368 e. The van der Waals surface area contributed by atoms with Gasteiger partial charge in [-0.05, 0) is 17.7 Å². The van der Waals surface area contributed by atoms with Gasteiger partial charge < -0.3 is 10.6 Å². The van der Waals surface area contributed by atoms with Gasteiger partial charge in [-0.2, -0.15) is 0 Å². The van der Waals surface area contributed by atoms with E-state index in [9.17, 15) is 4.79 Å². The fraction of sp³-hybridized carbons (Fsp3) is 0.417. The molecule has 0 spiro atoms. The Labute approximate surface area is 104 Å². The second-order valence-corrected chi connectivity index (χ2v) is 5.78. The Bertz CT molecular complexity index is 443. The lowest BCUT2D eigenvalue weighted by atomic mass is 9.87. The molecule has 1 aliphatic heterocycles. The van der Waals surface area contributed by atoms with Crippen molar-refractivity contribution in [3.8, 4) is 0 Å². The van der Waals surface area contributed by atoms with Crippen LogP contribution in [-0.4, -0.2) is 19.0 Å². The molecule has 0 saturated heterocycles. The van der Waals surface area contributed by atoms with Crippen LogP contribution in [0.15, 0.2) is 22.7 Å². The van der Waals surface area contributed by atoms with E-state index in [4.69, 9.17) is 5.73 Å². The van der Waals surface area contributed by atoms with E-state index in [1.807, 2.05) is 17.0 Å². The average molecular weight is 283 g/mol. The van der Waals surface area contributed by atoms with E-state index in [0.29, 0.717) is 0 Å². The summed E-state index contributed by atoms with van der Waals surface area (Å²) in [6.07, 6.45) is 0. The van der Waals surface area contributed by atoms with Crippen molar-refractivity contribution in [3.05, 3.63) is 28.2 Å². The number of carbonyl (C=O) groups excluding carboxylic acids is 1. The van der Waals surface area contributed by atoms with Crippen molar-refractivity contribution >= 4 is 27.5 Å². The van der Waals surface area contributed by atoms with Crippen LogP contribution < -0.4 is 10.6 Å². The number of nitrogens with two attached hydrogens (primary N) is 1. The van der Waals surface area contributed by atoms with Crippen LogP contribution in [0.5, 0.6) is 0 Å². The molecule has 0 saturated carbocycles. The molecule has 0 aliphatic carbocycles. The van der Waals surface area contributed by atoms with Gasteiger partial charge in [0, 0.05) is 22.1 Å². The minimum atomic E-state index is -0.288. The quantitative estimate of drug-likeness (QED) is 0.902. The minimum absolute atomic E-state index is 0.0749. The van der Waals surface area contributed by atoms with Gasteiger partial charge in [-0.1, -0.05) is 35.8 Å². The van der Waals surface area contributed by atoms with Crippen molar-refractivity contribution in [2.75, 3.05) is 18.0 Å². The van der Waals surface area contributed by atoms with E-state index in [1.54, 1.807) is 0 Å². The second kappa shape index (κ2) is 3.77. The number of nitrogens with zero attached hydrogens (tertiary/aromatic N) is 1. The number of carbonyl (C=O) groups is 1. The number of amides is 1. The summed E-state index contributed by atoms with van der Waals surface area (Å²) in [5, 5.41) is 0. The Hall–Kier alpha value is -1.03. The highest BCUT2D eigenvalue weighted by Crippen LogP contribution is 2.41. The molecule has 0 fully saturated rings. The molecule has 2 N–H and O–H groups in total. The summed E-state index contributed by atoms with van der Waals surface area (Å²) < 4.78 is 1.03. The van der Waals surface area contributed by atoms with E-state index in [-0.39, 0.29) is 17.9 Å². The summed E-state index contributed by atoms with van der Waals surface area (Å²) in [6, 6.07) is 6.20. The zero-order valence-corrected chi connectivity index (χ0v) is 11.0. The molecule has 16 heavy (non-hydrogen) atoms. The van der Waals surface area contributed by atoms with Crippen LogP contribution in [0, 0.1) is 0 Å². The molecule has 0 aromatic heterocycles. The molecule has 1 aromatic carbocycles. The van der Waals surface area contributed by atoms with Crippen molar-refractivity contribution in [1.29, 1.82) is 0 Å². The average Bonchev–Trinajstić information content (AvgIpc) is 2.37. The van der Waals surface area contributed by atoms with Gasteiger partial charge in [0.15, 0.2) is 0 Å². The van der Waals surface area contributed by atoms with Gasteiger partial charge in [-0.15, -0.1) is 0 Å². The monoisotopic (exact) mass is 282 g/mol. The van der Waals surface area contributed by atoms with E-state index in [2.05, 4.69) is 35.8 Å². The maximum atomic E-state index is 11.0. The number of benzene rings is 1. The van der Waals surface area contributed by atoms with Crippen LogP contribution in [0.2, 0.25) is 0 Å². The van der Waals surface area contributed by atoms with E-state index in [0.717, 1.165) is 16.7 Å². The van der Waals surface area contributed by atoms with Crippen LogP contribution in [0.3, 0.4) is 0 Å². The third kappa shape index (κ3) is 1.94. The summed E-state index contributed by atoms with van der Waals surface area (Å²) in [6.45, 7) is 5.48. The maximum absolute atomic E-state index is 11.0. The number of fused-ring (bicyclic) bond motifs is 1. The van der Waals surface area contributed by atoms with Gasteiger partial charge in [0.1, 0.15) is 0 Å². The van der Waals surface area contributed by atoms with Gasteiger partial charge in [0.25, 0.3) is 0 Å². The summed E-state index contributed by atoms with van der Waals surface area (Å²) in [7, 11) is 0. The first kappa shape index (κ1) is 11.5.